The van der Waals surface area contributed by atoms with E-state index in [1.54, 1.807) is 11.0 Å². The molecule has 0 spiro atoms. The molecule has 0 bridgehead atoms. The Morgan fingerprint density at radius 3 is 2.50 bits per heavy atom. The van der Waals surface area contributed by atoms with Crippen LogP contribution in [0.25, 0.3) is 0 Å². The van der Waals surface area contributed by atoms with Crippen LogP contribution in [-0.2, 0) is 11.3 Å². The van der Waals surface area contributed by atoms with Crippen LogP contribution in [0.2, 0.25) is 0 Å². The monoisotopic (exact) mass is 252 g/mol. The number of nitrogens with zero attached hydrogens (tertiary/aromatic N) is 1. The molecule has 1 aromatic rings. The summed E-state index contributed by atoms with van der Waals surface area (Å²) in [5.74, 6) is 0.0894. The second-order valence-electron chi connectivity index (χ2n) is 3.98. The van der Waals surface area contributed by atoms with Crippen molar-refractivity contribution >= 4 is 5.91 Å². The molecular formula is C13H20N2O3. The van der Waals surface area contributed by atoms with E-state index in [0.717, 1.165) is 0 Å². The highest BCUT2D eigenvalue weighted by Crippen LogP contribution is 2.22. The highest BCUT2D eigenvalue weighted by Gasteiger charge is 2.09. The summed E-state index contributed by atoms with van der Waals surface area (Å²) in [5.41, 5.74) is 0.653. The molecule has 0 aliphatic rings. The van der Waals surface area contributed by atoms with Crippen molar-refractivity contribution in [3.05, 3.63) is 23.8 Å². The third-order valence-corrected chi connectivity index (χ3v) is 2.78. The number of carbonyl (C=O) groups excluding carboxylic acids is 1. The average Bonchev–Trinajstić information content (AvgIpc) is 2.33. The van der Waals surface area contributed by atoms with Gasteiger partial charge in [-0.3, -0.25) is 4.79 Å². The Morgan fingerprint density at radius 1 is 1.28 bits per heavy atom. The maximum atomic E-state index is 11.7. The topological polar surface area (TPSA) is 72.8 Å². The summed E-state index contributed by atoms with van der Waals surface area (Å²) < 4.78 is 0. The number of hydrogen-bond acceptors (Lipinski definition) is 4. The van der Waals surface area contributed by atoms with Crippen LogP contribution in [0.5, 0.6) is 11.5 Å². The zero-order valence-electron chi connectivity index (χ0n) is 10.8. The Balaban J connectivity index is 2.44. The number of hydrogen-bond donors (Lipinski definition) is 3. The molecule has 0 unspecified atom stereocenters. The van der Waals surface area contributed by atoms with E-state index >= 15 is 0 Å². The van der Waals surface area contributed by atoms with E-state index in [-0.39, 0.29) is 24.0 Å². The van der Waals surface area contributed by atoms with Crippen LogP contribution in [0.4, 0.5) is 0 Å². The van der Waals surface area contributed by atoms with E-state index in [4.69, 9.17) is 5.11 Å². The van der Waals surface area contributed by atoms with Crippen LogP contribution in [0, 0.1) is 0 Å². The fourth-order valence-corrected chi connectivity index (χ4v) is 1.69. The normalized spacial score (nSPS) is 10.3. The third-order valence-electron chi connectivity index (χ3n) is 2.78. The van der Waals surface area contributed by atoms with Crippen molar-refractivity contribution in [2.24, 2.45) is 0 Å². The van der Waals surface area contributed by atoms with E-state index in [1.807, 2.05) is 13.8 Å². The van der Waals surface area contributed by atoms with Crippen molar-refractivity contribution in [3.63, 3.8) is 0 Å². The molecule has 3 N–H and O–H groups in total. The summed E-state index contributed by atoms with van der Waals surface area (Å²) in [5, 5.41) is 21.7. The zero-order valence-corrected chi connectivity index (χ0v) is 10.8. The number of benzene rings is 1. The minimum Gasteiger partial charge on any atom is -0.508 e. The molecule has 5 nitrogen and oxygen atoms in total. The summed E-state index contributed by atoms with van der Waals surface area (Å²) in [7, 11) is 0. The molecule has 5 heteroatoms. The molecule has 18 heavy (non-hydrogen) atoms. The maximum absolute atomic E-state index is 11.7. The fraction of sp³-hybridized carbons (Fsp3) is 0.462. The summed E-state index contributed by atoms with van der Waals surface area (Å²) in [6, 6.07) is 4.41. The van der Waals surface area contributed by atoms with Crippen molar-refractivity contribution in [2.45, 2.75) is 20.4 Å². The Hall–Kier alpha value is -1.75. The first-order valence-electron chi connectivity index (χ1n) is 6.07. The zero-order chi connectivity index (χ0) is 13.5. The summed E-state index contributed by atoms with van der Waals surface area (Å²) in [4.78, 5) is 13.4. The molecule has 0 heterocycles. The van der Waals surface area contributed by atoms with E-state index in [1.165, 1.54) is 12.1 Å². The van der Waals surface area contributed by atoms with Crippen molar-refractivity contribution in [1.82, 2.24) is 10.2 Å². The van der Waals surface area contributed by atoms with E-state index in [0.29, 0.717) is 25.2 Å². The SMILES string of the molecule is CCN(CC)C(=O)CNCc1ccc(O)cc1O. The Kier molecular flexibility index (Phi) is 5.45. The largest absolute Gasteiger partial charge is 0.508 e. The first-order valence-corrected chi connectivity index (χ1v) is 6.07. The van der Waals surface area contributed by atoms with E-state index < -0.39 is 0 Å². The number of likely N-dealkylation sites (N-methyl/N-ethyl adjacent to an activating group) is 1. The first-order chi connectivity index (χ1) is 8.58. The van der Waals surface area contributed by atoms with Gasteiger partial charge in [0.25, 0.3) is 0 Å². The highest BCUT2D eigenvalue weighted by atomic mass is 16.3. The van der Waals surface area contributed by atoms with Gasteiger partial charge in [-0.2, -0.15) is 0 Å². The Labute approximate surface area is 107 Å². The van der Waals surface area contributed by atoms with Gasteiger partial charge < -0.3 is 20.4 Å². The van der Waals surface area contributed by atoms with Gasteiger partial charge in [-0.05, 0) is 19.9 Å². The van der Waals surface area contributed by atoms with Crippen LogP contribution < -0.4 is 5.32 Å². The minimum absolute atomic E-state index is 0.0236. The molecule has 0 saturated carbocycles. The van der Waals surface area contributed by atoms with Gasteiger partial charge in [0, 0.05) is 31.3 Å². The van der Waals surface area contributed by atoms with Gasteiger partial charge >= 0.3 is 0 Å². The van der Waals surface area contributed by atoms with Crippen LogP contribution >= 0.6 is 0 Å². The van der Waals surface area contributed by atoms with Gasteiger partial charge in [-0.25, -0.2) is 0 Å². The smallest absolute Gasteiger partial charge is 0.236 e. The number of carbonyl (C=O) groups is 1. The molecule has 1 rings (SSSR count). The minimum atomic E-state index is 0.0236. The molecule has 1 amide bonds. The third kappa shape index (κ3) is 3.92. The first kappa shape index (κ1) is 14.3. The van der Waals surface area contributed by atoms with Gasteiger partial charge in [-0.1, -0.05) is 6.07 Å². The predicted octanol–water partition coefficient (Wildman–Crippen LogP) is 1.06. The number of rotatable bonds is 6. The van der Waals surface area contributed by atoms with Crippen LogP contribution in [0.1, 0.15) is 19.4 Å². The number of nitrogens with one attached hydrogen (secondary N) is 1. The lowest BCUT2D eigenvalue weighted by Gasteiger charge is -2.18. The van der Waals surface area contributed by atoms with Crippen LogP contribution in [0.3, 0.4) is 0 Å². The summed E-state index contributed by atoms with van der Waals surface area (Å²) in [6.07, 6.45) is 0. The molecule has 0 atom stereocenters. The van der Waals surface area contributed by atoms with Gasteiger partial charge in [-0.15, -0.1) is 0 Å². The molecule has 0 fully saturated rings. The second-order valence-corrected chi connectivity index (χ2v) is 3.98. The Bertz CT molecular complexity index is 403. The molecule has 0 aliphatic carbocycles. The Morgan fingerprint density at radius 2 is 1.94 bits per heavy atom. The van der Waals surface area contributed by atoms with Gasteiger partial charge in [0.05, 0.1) is 6.54 Å². The molecule has 0 saturated heterocycles. The van der Waals surface area contributed by atoms with Crippen LogP contribution in [-0.4, -0.2) is 40.7 Å². The van der Waals surface area contributed by atoms with Crippen molar-refractivity contribution in [1.29, 1.82) is 0 Å². The number of phenolic OH excluding ortho intramolecular Hbond substituents is 2. The summed E-state index contributed by atoms with van der Waals surface area (Å²) >= 11 is 0. The number of phenols is 2. The lowest BCUT2D eigenvalue weighted by molar-refractivity contribution is -0.129. The lowest BCUT2D eigenvalue weighted by Crippen LogP contribution is -2.37. The standard InChI is InChI=1S/C13H20N2O3/c1-3-15(4-2)13(18)9-14-8-10-5-6-11(16)7-12(10)17/h5-7,14,16-17H,3-4,8-9H2,1-2H3. The van der Waals surface area contributed by atoms with Crippen molar-refractivity contribution in [2.75, 3.05) is 19.6 Å². The maximum Gasteiger partial charge on any atom is 0.236 e. The van der Waals surface area contributed by atoms with E-state index in [2.05, 4.69) is 5.32 Å². The van der Waals surface area contributed by atoms with Crippen molar-refractivity contribution < 1.29 is 15.0 Å². The average molecular weight is 252 g/mol. The molecule has 0 radical (unpaired) electrons. The molecule has 100 valence electrons. The number of amides is 1. The van der Waals surface area contributed by atoms with Gasteiger partial charge in [0.2, 0.25) is 5.91 Å². The highest BCUT2D eigenvalue weighted by molar-refractivity contribution is 5.78. The van der Waals surface area contributed by atoms with Gasteiger partial charge in [0.1, 0.15) is 11.5 Å². The number of aromatic hydroxyl groups is 2. The molecular weight excluding hydrogens is 232 g/mol. The molecule has 1 aromatic carbocycles. The lowest BCUT2D eigenvalue weighted by atomic mass is 10.2. The molecule has 0 aliphatic heterocycles. The molecule has 0 aromatic heterocycles. The predicted molar refractivity (Wildman–Crippen MR) is 69.4 cm³/mol. The summed E-state index contributed by atoms with van der Waals surface area (Å²) in [6.45, 7) is 5.89. The van der Waals surface area contributed by atoms with Crippen LogP contribution in [0.15, 0.2) is 18.2 Å². The van der Waals surface area contributed by atoms with Crippen molar-refractivity contribution in [3.8, 4) is 11.5 Å². The van der Waals surface area contributed by atoms with E-state index in [9.17, 15) is 9.90 Å². The fourth-order valence-electron chi connectivity index (χ4n) is 1.69. The second kappa shape index (κ2) is 6.86. The van der Waals surface area contributed by atoms with Gasteiger partial charge in [0.15, 0.2) is 0 Å². The quantitative estimate of drug-likeness (QED) is 0.707.